The monoisotopic (exact) mass is 383 g/mol. The van der Waals surface area contributed by atoms with Gasteiger partial charge in [-0.1, -0.05) is 18.2 Å². The number of fused-ring (bicyclic) bond motifs is 1. The molecule has 27 heavy (non-hydrogen) atoms. The predicted molar refractivity (Wildman–Crippen MR) is 107 cm³/mol. The van der Waals surface area contributed by atoms with Crippen molar-refractivity contribution in [2.24, 2.45) is 5.73 Å². The summed E-state index contributed by atoms with van der Waals surface area (Å²) in [5.74, 6) is 0.684. The van der Waals surface area contributed by atoms with Crippen LogP contribution in [0.15, 0.2) is 60.9 Å². The molecule has 0 aliphatic rings. The molecule has 4 N–H and O–H groups in total. The van der Waals surface area contributed by atoms with Gasteiger partial charge in [0.1, 0.15) is 5.82 Å². The maximum Gasteiger partial charge on any atom is 0.269 e. The highest BCUT2D eigenvalue weighted by molar-refractivity contribution is 5.85. The lowest BCUT2D eigenvalue weighted by atomic mass is 10.1. The van der Waals surface area contributed by atoms with Crippen LogP contribution in [0.25, 0.3) is 22.2 Å². The normalized spacial score (nSPS) is 11.9. The molecule has 2 aromatic heterocycles. The third kappa shape index (κ3) is 3.69. The highest BCUT2D eigenvalue weighted by atomic mass is 35.5. The van der Waals surface area contributed by atoms with Crippen molar-refractivity contribution in [1.29, 1.82) is 0 Å². The Morgan fingerprint density at radius 3 is 2.63 bits per heavy atom. The summed E-state index contributed by atoms with van der Waals surface area (Å²) in [6, 6.07) is 14.2. The molecular formula is C19H18ClN5O2. The number of nitro benzene ring substituents is 1. The summed E-state index contributed by atoms with van der Waals surface area (Å²) in [6.07, 6.45) is 4.33. The molecule has 2 aromatic carbocycles. The first-order chi connectivity index (χ1) is 12.6. The van der Waals surface area contributed by atoms with Gasteiger partial charge in [-0.25, -0.2) is 4.98 Å². The number of hydrogen-bond donors (Lipinski definition) is 3. The number of aromatic nitrogens is 3. The Hall–Kier alpha value is -3.16. The van der Waals surface area contributed by atoms with Gasteiger partial charge in [0.25, 0.3) is 5.69 Å². The van der Waals surface area contributed by atoms with Crippen LogP contribution in [0.1, 0.15) is 17.4 Å². The predicted octanol–water partition coefficient (Wildman–Crippen LogP) is 4.13. The van der Waals surface area contributed by atoms with Gasteiger partial charge < -0.3 is 15.7 Å². The Labute approximate surface area is 161 Å². The smallest absolute Gasteiger partial charge is 0.269 e. The zero-order valence-corrected chi connectivity index (χ0v) is 15.1. The van der Waals surface area contributed by atoms with Crippen LogP contribution >= 0.6 is 12.4 Å². The third-order valence-corrected chi connectivity index (χ3v) is 4.45. The highest BCUT2D eigenvalue weighted by Crippen LogP contribution is 2.25. The quantitative estimate of drug-likeness (QED) is 0.355. The molecule has 0 fully saturated rings. The SMILES string of the molecule is Cl.N[C@H](Cc1c[nH]c2ccccc12)c1ncc(-c2ccc([N+](=O)[O-])cc2)[nH]1. The van der Waals surface area contributed by atoms with Gasteiger partial charge in [0.2, 0.25) is 0 Å². The van der Waals surface area contributed by atoms with Crippen molar-refractivity contribution in [3.05, 3.63) is 82.4 Å². The molecule has 138 valence electrons. The third-order valence-electron chi connectivity index (χ3n) is 4.45. The molecule has 7 nitrogen and oxygen atoms in total. The van der Waals surface area contributed by atoms with Gasteiger partial charge in [-0.05, 0) is 30.2 Å². The average molecular weight is 384 g/mol. The number of H-pyrrole nitrogens is 2. The number of halogens is 1. The number of benzene rings is 2. The standard InChI is InChI=1S/C19H17N5O2.ClH/c20-16(9-13-10-21-17-4-2-1-3-15(13)17)19-22-11-18(23-19)12-5-7-14(8-6-12)24(25)26;/h1-8,10-11,16,21H,9,20H2,(H,22,23);1H/t16-;/m1./s1. The summed E-state index contributed by atoms with van der Waals surface area (Å²) < 4.78 is 0. The van der Waals surface area contributed by atoms with Crippen LogP contribution in [0.2, 0.25) is 0 Å². The van der Waals surface area contributed by atoms with Crippen LogP contribution in [-0.4, -0.2) is 19.9 Å². The molecule has 4 aromatic rings. The first kappa shape index (κ1) is 18.6. The van der Waals surface area contributed by atoms with Crippen molar-refractivity contribution in [2.75, 3.05) is 0 Å². The molecule has 0 aliphatic heterocycles. The second kappa shape index (κ2) is 7.61. The number of non-ortho nitro benzene ring substituents is 1. The highest BCUT2D eigenvalue weighted by Gasteiger charge is 2.15. The van der Waals surface area contributed by atoms with Crippen molar-refractivity contribution >= 4 is 29.0 Å². The molecule has 4 rings (SSSR count). The Balaban J connectivity index is 0.00000210. The van der Waals surface area contributed by atoms with E-state index < -0.39 is 4.92 Å². The Morgan fingerprint density at radius 2 is 1.89 bits per heavy atom. The number of hydrogen-bond acceptors (Lipinski definition) is 4. The number of para-hydroxylation sites is 1. The maximum absolute atomic E-state index is 10.8. The lowest BCUT2D eigenvalue weighted by Crippen LogP contribution is -2.14. The first-order valence-electron chi connectivity index (χ1n) is 8.22. The molecule has 8 heteroatoms. The van der Waals surface area contributed by atoms with E-state index in [2.05, 4.69) is 21.0 Å². The minimum atomic E-state index is -0.417. The van der Waals surface area contributed by atoms with E-state index in [1.807, 2.05) is 24.4 Å². The molecule has 0 saturated heterocycles. The molecule has 0 amide bonds. The molecule has 2 heterocycles. The number of aromatic amines is 2. The molecule has 0 spiro atoms. The number of imidazole rings is 1. The van der Waals surface area contributed by atoms with Crippen molar-refractivity contribution in [3.63, 3.8) is 0 Å². The number of nitrogens with one attached hydrogen (secondary N) is 2. The Kier molecular flexibility index (Phi) is 5.25. The van der Waals surface area contributed by atoms with E-state index in [4.69, 9.17) is 5.73 Å². The van der Waals surface area contributed by atoms with Crippen molar-refractivity contribution in [3.8, 4) is 11.3 Å². The van der Waals surface area contributed by atoms with Crippen molar-refractivity contribution in [1.82, 2.24) is 15.0 Å². The van der Waals surface area contributed by atoms with Crippen LogP contribution in [-0.2, 0) is 6.42 Å². The van der Waals surface area contributed by atoms with E-state index in [0.29, 0.717) is 12.2 Å². The van der Waals surface area contributed by atoms with Crippen molar-refractivity contribution < 1.29 is 4.92 Å². The maximum atomic E-state index is 10.8. The zero-order chi connectivity index (χ0) is 18.1. The fourth-order valence-electron chi connectivity index (χ4n) is 3.07. The van der Waals surface area contributed by atoms with Gasteiger partial charge in [0, 0.05) is 34.8 Å². The fraction of sp³-hybridized carbons (Fsp3) is 0.105. The van der Waals surface area contributed by atoms with Crippen LogP contribution in [0.5, 0.6) is 0 Å². The topological polar surface area (TPSA) is 114 Å². The lowest BCUT2D eigenvalue weighted by molar-refractivity contribution is -0.384. The van der Waals surface area contributed by atoms with E-state index in [-0.39, 0.29) is 24.1 Å². The molecular weight excluding hydrogens is 366 g/mol. The van der Waals surface area contributed by atoms with Gasteiger partial charge in [-0.2, -0.15) is 0 Å². The summed E-state index contributed by atoms with van der Waals surface area (Å²) in [7, 11) is 0. The number of nitrogens with zero attached hydrogens (tertiary/aromatic N) is 2. The fourth-order valence-corrected chi connectivity index (χ4v) is 3.07. The number of nitro groups is 1. The summed E-state index contributed by atoms with van der Waals surface area (Å²) in [6.45, 7) is 0. The van der Waals surface area contributed by atoms with Gasteiger partial charge in [0.05, 0.1) is 22.9 Å². The summed E-state index contributed by atoms with van der Waals surface area (Å²) >= 11 is 0. The Morgan fingerprint density at radius 1 is 1.15 bits per heavy atom. The van der Waals surface area contributed by atoms with E-state index in [0.717, 1.165) is 27.7 Å². The van der Waals surface area contributed by atoms with Crippen LogP contribution < -0.4 is 5.73 Å². The number of rotatable bonds is 5. The second-order valence-corrected chi connectivity index (χ2v) is 6.16. The summed E-state index contributed by atoms with van der Waals surface area (Å²) in [5.41, 5.74) is 10.2. The van der Waals surface area contributed by atoms with E-state index in [9.17, 15) is 10.1 Å². The molecule has 0 radical (unpaired) electrons. The number of nitrogens with two attached hydrogens (primary N) is 1. The minimum absolute atomic E-state index is 0. The first-order valence-corrected chi connectivity index (χ1v) is 8.22. The molecule has 0 unspecified atom stereocenters. The second-order valence-electron chi connectivity index (χ2n) is 6.16. The van der Waals surface area contributed by atoms with E-state index in [1.165, 1.54) is 12.1 Å². The average Bonchev–Trinajstić information content (AvgIpc) is 3.30. The van der Waals surface area contributed by atoms with Gasteiger partial charge >= 0.3 is 0 Å². The summed E-state index contributed by atoms with van der Waals surface area (Å²) in [5, 5.41) is 11.9. The van der Waals surface area contributed by atoms with E-state index in [1.54, 1.807) is 18.3 Å². The molecule has 0 aliphatic carbocycles. The largest absolute Gasteiger partial charge is 0.361 e. The van der Waals surface area contributed by atoms with Crippen LogP contribution in [0.4, 0.5) is 5.69 Å². The van der Waals surface area contributed by atoms with Crippen LogP contribution in [0.3, 0.4) is 0 Å². The minimum Gasteiger partial charge on any atom is -0.361 e. The van der Waals surface area contributed by atoms with E-state index >= 15 is 0 Å². The Bertz CT molecular complexity index is 1070. The lowest BCUT2D eigenvalue weighted by Gasteiger charge is -2.08. The zero-order valence-electron chi connectivity index (χ0n) is 14.3. The van der Waals surface area contributed by atoms with Gasteiger partial charge in [0.15, 0.2) is 0 Å². The van der Waals surface area contributed by atoms with Gasteiger partial charge in [-0.15, -0.1) is 12.4 Å². The molecule has 0 bridgehead atoms. The molecule has 0 saturated carbocycles. The van der Waals surface area contributed by atoms with Gasteiger partial charge in [-0.3, -0.25) is 10.1 Å². The molecule has 1 atom stereocenters. The van der Waals surface area contributed by atoms with Crippen molar-refractivity contribution in [2.45, 2.75) is 12.5 Å². The summed E-state index contributed by atoms with van der Waals surface area (Å²) in [4.78, 5) is 21.2. The van der Waals surface area contributed by atoms with Crippen LogP contribution in [0, 0.1) is 10.1 Å².